The lowest BCUT2D eigenvalue weighted by atomic mass is 9.87. The van der Waals surface area contributed by atoms with Gasteiger partial charge in [0.25, 0.3) is 0 Å². The molecular weight excluding hydrogens is 322 g/mol. The van der Waals surface area contributed by atoms with E-state index in [9.17, 15) is 4.79 Å². The van der Waals surface area contributed by atoms with Gasteiger partial charge in [-0.05, 0) is 11.0 Å². The van der Waals surface area contributed by atoms with Gasteiger partial charge in [-0.1, -0.05) is 62.9 Å². The first-order valence-electron chi connectivity index (χ1n) is 7.71. The van der Waals surface area contributed by atoms with E-state index >= 15 is 0 Å². The topological polar surface area (TPSA) is 57.0 Å². The molecule has 2 aromatic rings. The predicted octanol–water partition coefficient (Wildman–Crippen LogP) is 3.69. The number of carbonyl (C=O) groups is 1. The van der Waals surface area contributed by atoms with Crippen molar-refractivity contribution in [2.45, 2.75) is 37.9 Å². The zero-order chi connectivity index (χ0) is 17.7. The van der Waals surface area contributed by atoms with Crippen LogP contribution in [0.1, 0.15) is 26.3 Å². The van der Waals surface area contributed by atoms with Crippen LogP contribution in [0.25, 0.3) is 11.4 Å². The summed E-state index contributed by atoms with van der Waals surface area (Å²) in [6.07, 6.45) is 1.79. The van der Waals surface area contributed by atoms with Gasteiger partial charge in [-0.15, -0.1) is 16.8 Å². The Balaban J connectivity index is 2.31. The number of aromatic nitrogens is 3. The van der Waals surface area contributed by atoms with E-state index < -0.39 is 0 Å². The van der Waals surface area contributed by atoms with Gasteiger partial charge in [0.1, 0.15) is 0 Å². The normalized spacial score (nSPS) is 11.3. The second kappa shape index (κ2) is 7.66. The highest BCUT2D eigenvalue weighted by atomic mass is 32.2. The highest BCUT2D eigenvalue weighted by molar-refractivity contribution is 7.99. The monoisotopic (exact) mass is 345 g/mol. The molecule has 0 bridgehead atoms. The zero-order valence-electron chi connectivity index (χ0n) is 14.6. The molecule has 0 spiro atoms. The van der Waals surface area contributed by atoms with Crippen molar-refractivity contribution in [1.29, 1.82) is 0 Å². The molecule has 1 aromatic heterocycles. The number of benzene rings is 1. The van der Waals surface area contributed by atoms with Crippen LogP contribution in [0.5, 0.6) is 0 Å². The molecule has 1 aromatic carbocycles. The summed E-state index contributed by atoms with van der Waals surface area (Å²) in [6.45, 7) is 10.9. The van der Waals surface area contributed by atoms with Crippen LogP contribution in [0.4, 0.5) is 0 Å². The van der Waals surface area contributed by atoms with Crippen LogP contribution in [-0.4, -0.2) is 33.6 Å². The maximum absolute atomic E-state index is 11.3. The number of nitrogens with zero attached hydrogens (tertiary/aromatic N) is 3. The van der Waals surface area contributed by atoms with Crippen molar-refractivity contribution >= 4 is 17.7 Å². The fourth-order valence-electron chi connectivity index (χ4n) is 2.20. The number of allylic oxidation sites excluding steroid dienone is 1. The van der Waals surface area contributed by atoms with Crippen molar-refractivity contribution < 1.29 is 9.53 Å². The molecule has 0 N–H and O–H groups in total. The molecule has 0 amide bonds. The highest BCUT2D eigenvalue weighted by Crippen LogP contribution is 2.27. The molecule has 0 unspecified atom stereocenters. The van der Waals surface area contributed by atoms with Gasteiger partial charge < -0.3 is 4.74 Å². The second-order valence-electron chi connectivity index (χ2n) is 6.40. The molecule has 0 saturated heterocycles. The van der Waals surface area contributed by atoms with E-state index in [1.807, 2.05) is 4.57 Å². The van der Waals surface area contributed by atoms with Gasteiger partial charge in [0.05, 0.1) is 12.9 Å². The van der Waals surface area contributed by atoms with Crippen LogP contribution in [0.3, 0.4) is 0 Å². The Morgan fingerprint density at radius 2 is 1.96 bits per heavy atom. The Labute approximate surface area is 147 Å². The number of rotatable bonds is 6. The van der Waals surface area contributed by atoms with Crippen LogP contribution in [0.2, 0.25) is 0 Å². The lowest BCUT2D eigenvalue weighted by Gasteiger charge is -2.19. The molecular formula is C18H23N3O2S. The fourth-order valence-corrected chi connectivity index (χ4v) is 2.98. The van der Waals surface area contributed by atoms with Crippen molar-refractivity contribution in [2.75, 3.05) is 12.9 Å². The number of methoxy groups -OCH3 is 1. The molecule has 24 heavy (non-hydrogen) atoms. The van der Waals surface area contributed by atoms with Crippen molar-refractivity contribution in [3.8, 4) is 11.4 Å². The standard InChI is InChI=1S/C18H23N3O2S/c1-6-11-21-16(19-20-17(21)24-12-15(22)23-5)13-7-9-14(10-8-13)18(2,3)4/h6-10H,1,11-12H2,2-5H3. The van der Waals surface area contributed by atoms with Crippen LogP contribution in [0.15, 0.2) is 42.1 Å². The average Bonchev–Trinajstić information content (AvgIpc) is 2.95. The summed E-state index contributed by atoms with van der Waals surface area (Å²) >= 11 is 1.31. The SMILES string of the molecule is C=CCn1c(SCC(=O)OC)nnc1-c1ccc(C(C)(C)C)cc1. The van der Waals surface area contributed by atoms with E-state index in [0.29, 0.717) is 11.7 Å². The minimum absolute atomic E-state index is 0.106. The van der Waals surface area contributed by atoms with Gasteiger partial charge >= 0.3 is 5.97 Å². The van der Waals surface area contributed by atoms with E-state index in [-0.39, 0.29) is 17.1 Å². The van der Waals surface area contributed by atoms with Crippen molar-refractivity contribution in [3.05, 3.63) is 42.5 Å². The third-order valence-corrected chi connectivity index (χ3v) is 4.52. The predicted molar refractivity (Wildman–Crippen MR) is 97.1 cm³/mol. The van der Waals surface area contributed by atoms with Crippen molar-refractivity contribution in [2.24, 2.45) is 0 Å². The summed E-state index contributed by atoms with van der Waals surface area (Å²) in [7, 11) is 1.37. The summed E-state index contributed by atoms with van der Waals surface area (Å²) < 4.78 is 6.62. The van der Waals surface area contributed by atoms with Gasteiger partial charge in [-0.2, -0.15) is 0 Å². The number of esters is 1. The van der Waals surface area contributed by atoms with E-state index in [4.69, 9.17) is 0 Å². The van der Waals surface area contributed by atoms with E-state index in [1.54, 1.807) is 6.08 Å². The molecule has 0 aliphatic rings. The Kier molecular flexibility index (Phi) is 5.83. The molecule has 2 rings (SSSR count). The summed E-state index contributed by atoms with van der Waals surface area (Å²) in [5, 5.41) is 9.18. The number of hydrogen-bond donors (Lipinski definition) is 0. The summed E-state index contributed by atoms with van der Waals surface area (Å²) in [5.74, 6) is 0.682. The van der Waals surface area contributed by atoms with E-state index in [1.165, 1.54) is 24.4 Å². The van der Waals surface area contributed by atoms with Crippen molar-refractivity contribution in [1.82, 2.24) is 14.8 Å². The molecule has 128 valence electrons. The van der Waals surface area contributed by atoms with Crippen molar-refractivity contribution in [3.63, 3.8) is 0 Å². The summed E-state index contributed by atoms with van der Waals surface area (Å²) in [4.78, 5) is 11.3. The molecule has 0 aliphatic heterocycles. The van der Waals surface area contributed by atoms with Gasteiger partial charge in [-0.25, -0.2) is 0 Å². The number of carbonyl (C=O) groups excluding carboxylic acids is 1. The summed E-state index contributed by atoms with van der Waals surface area (Å²) in [5.41, 5.74) is 2.36. The molecule has 0 fully saturated rings. The van der Waals surface area contributed by atoms with Gasteiger partial charge in [-0.3, -0.25) is 9.36 Å². The van der Waals surface area contributed by atoms with Crippen LogP contribution < -0.4 is 0 Å². The van der Waals surface area contributed by atoms with Gasteiger partial charge in [0.15, 0.2) is 11.0 Å². The van der Waals surface area contributed by atoms with Crippen LogP contribution in [-0.2, 0) is 21.5 Å². The number of ether oxygens (including phenoxy) is 1. The fraction of sp³-hybridized carbons (Fsp3) is 0.389. The lowest BCUT2D eigenvalue weighted by molar-refractivity contribution is -0.137. The van der Waals surface area contributed by atoms with Crippen LogP contribution >= 0.6 is 11.8 Å². The first kappa shape index (κ1) is 18.3. The number of hydrogen-bond acceptors (Lipinski definition) is 5. The smallest absolute Gasteiger partial charge is 0.316 e. The third-order valence-electron chi connectivity index (χ3n) is 3.58. The Morgan fingerprint density at radius 3 is 2.50 bits per heavy atom. The Hall–Kier alpha value is -2.08. The maximum atomic E-state index is 11.3. The average molecular weight is 345 g/mol. The largest absolute Gasteiger partial charge is 0.468 e. The van der Waals surface area contributed by atoms with Gasteiger partial charge in [0.2, 0.25) is 0 Å². The molecule has 0 atom stereocenters. The first-order valence-corrected chi connectivity index (χ1v) is 8.70. The van der Waals surface area contributed by atoms with E-state index in [0.717, 1.165) is 11.4 Å². The minimum Gasteiger partial charge on any atom is -0.468 e. The molecule has 6 heteroatoms. The quantitative estimate of drug-likeness (QED) is 0.454. The summed E-state index contributed by atoms with van der Waals surface area (Å²) in [6, 6.07) is 8.34. The number of thioether (sulfide) groups is 1. The zero-order valence-corrected chi connectivity index (χ0v) is 15.4. The third kappa shape index (κ3) is 4.26. The molecule has 1 heterocycles. The molecule has 5 nitrogen and oxygen atoms in total. The molecule has 0 radical (unpaired) electrons. The van der Waals surface area contributed by atoms with E-state index in [2.05, 4.69) is 66.5 Å². The Bertz CT molecular complexity index is 715. The minimum atomic E-state index is -0.288. The van der Waals surface area contributed by atoms with Gasteiger partial charge in [0, 0.05) is 12.1 Å². The van der Waals surface area contributed by atoms with Crippen LogP contribution in [0, 0.1) is 0 Å². The molecule has 0 aliphatic carbocycles. The second-order valence-corrected chi connectivity index (χ2v) is 7.34. The Morgan fingerprint density at radius 1 is 1.29 bits per heavy atom. The maximum Gasteiger partial charge on any atom is 0.316 e. The first-order chi connectivity index (χ1) is 11.4. The highest BCUT2D eigenvalue weighted by Gasteiger charge is 2.17. The lowest BCUT2D eigenvalue weighted by Crippen LogP contribution is -2.10. The molecule has 0 saturated carbocycles.